The van der Waals surface area contributed by atoms with E-state index in [-0.39, 0.29) is 0 Å². The Bertz CT molecular complexity index is 6980. The third-order valence-electron chi connectivity index (χ3n) is 22.9. The van der Waals surface area contributed by atoms with Crippen LogP contribution in [0.15, 0.2) is 413 Å². The minimum Gasteiger partial charge on any atom is -0.283 e. The van der Waals surface area contributed by atoms with Crippen molar-refractivity contribution in [1.82, 2.24) is 28.2 Å². The Morgan fingerprint density at radius 3 is 0.897 bits per heavy atom. The zero-order chi connectivity index (χ0) is 79.5. The average Bonchev–Trinajstić information content (AvgIpc) is 1.73. The van der Waals surface area contributed by atoms with E-state index in [0.29, 0.717) is 0 Å². The Morgan fingerprint density at radius 2 is 0.513 bits per heavy atom. The molecule has 0 atom stereocenters. The predicted octanol–water partition coefficient (Wildman–Crippen LogP) is 20.7. The van der Waals surface area contributed by atoms with Gasteiger partial charge in [-0.2, -0.15) is 0 Å². The molecule has 0 N–H and O–H groups in total. The molecule has 0 aliphatic rings. The number of thiazole rings is 3. The van der Waals surface area contributed by atoms with E-state index in [2.05, 4.69) is 439 Å². The molecule has 16 aromatic carbocycles. The normalized spacial score (nSPS) is 11.7. The molecule has 6 aromatic heterocycles. The minimum atomic E-state index is -2.60. The van der Waals surface area contributed by atoms with Gasteiger partial charge < -0.3 is 0 Å². The number of aryl methyl sites for hydroxylation is 1. The van der Waals surface area contributed by atoms with Gasteiger partial charge in [0.15, 0.2) is 31.0 Å². The summed E-state index contributed by atoms with van der Waals surface area (Å²) in [7, 11) is -7.32. The summed E-state index contributed by atoms with van der Waals surface area (Å²) in [5.41, 5.74) is 16.5. The summed E-state index contributed by atoms with van der Waals surface area (Å²) in [6, 6.07) is 151. The van der Waals surface area contributed by atoms with E-state index in [0.717, 1.165) is 42.5 Å². The molecule has 12 heteroatoms. The molecule has 0 aliphatic heterocycles. The molecule has 0 bridgehead atoms. The summed E-state index contributed by atoms with van der Waals surface area (Å²) in [6.07, 6.45) is 0. The molecule has 0 fully saturated rings. The third kappa shape index (κ3) is 13.5. The Morgan fingerprint density at radius 1 is 0.222 bits per heavy atom. The second kappa shape index (κ2) is 32.9. The molecule has 117 heavy (non-hydrogen) atoms. The Kier molecular flexibility index (Phi) is 21.2. The number of aromatic nitrogens is 6. The molecular weight excluding hydrogens is 1530 g/mol. The van der Waals surface area contributed by atoms with Gasteiger partial charge in [-0.25, -0.2) is 15.0 Å². The van der Waals surface area contributed by atoms with Crippen molar-refractivity contribution in [2.75, 3.05) is 0 Å². The number of imidazole rings is 3. The molecule has 6 nitrogen and oxygen atoms in total. The SMILES string of the molecule is CC.CC.C[Si](c1ccccc1)(c1ccccc1)c1ccc2sc3nc4ccccc4n3c2c1.Cc1cc2sc3nc4ccccc4n3c2cc1-c1cccc([Si](c2ccccc2)(c2ccccc2)c2ccccc2)c1.c1ccc([Si](c2ccccc2)(c2ccccc2)c2cccc(-c3ccc4sc5nc6ccccc6n5c4c3)c2)cc1. The van der Waals surface area contributed by atoms with Gasteiger partial charge in [0.1, 0.15) is 8.07 Å². The van der Waals surface area contributed by atoms with Gasteiger partial charge in [0.05, 0.1) is 63.8 Å². The monoisotopic (exact) mass is 1610 g/mol. The van der Waals surface area contributed by atoms with Crippen LogP contribution in [0.2, 0.25) is 6.55 Å². The number of para-hydroxylation sites is 6. The van der Waals surface area contributed by atoms with Crippen LogP contribution in [0.5, 0.6) is 0 Å². The Hall–Kier alpha value is -12.8. The van der Waals surface area contributed by atoms with Crippen molar-refractivity contribution in [3.8, 4) is 22.3 Å². The summed E-state index contributed by atoms with van der Waals surface area (Å²) < 4.78 is 10.7. The standard InChI is InChI=1S/C38H28N2SSi.C37H26N2SSi.C26H20N2SSi.2C2H6/c1-27-24-37-36(40-35-23-12-11-22-34(35)39-38(40)41-37)26-33(27)28-14-13-21-32(25-28)42(29-15-5-2-6-16-29,30-17-7-3-8-18-30)31-19-9-4-10-20-31;1-4-14-29(15-5-1)41(30-16-6-2-7-17-30,31-18-8-3-9-19-31)32-20-12-13-27(25-32)28-23-24-36-35(26-28)39-34-22-11-10-21-33(34)38-37(39)40-36;1-30(19-10-4-2-5-11-19,20-12-6-3-7-13-20)21-16-17-25-24(18-21)28-23-15-9-8-14-22(23)27-26(28)29-25;2*1-2/h2-26H,1H3;1-26H;2-18H,1H3;2*1-2H3. The first-order valence-corrected chi connectivity index (χ1v) is 49.3. The lowest BCUT2D eigenvalue weighted by molar-refractivity contribution is 1.34. The first-order chi connectivity index (χ1) is 57.8. The van der Waals surface area contributed by atoms with Gasteiger partial charge in [0.2, 0.25) is 0 Å². The topological polar surface area (TPSA) is 51.9 Å². The van der Waals surface area contributed by atoms with E-state index in [9.17, 15) is 0 Å². The van der Waals surface area contributed by atoms with Gasteiger partial charge in [-0.05, 0) is 165 Å². The highest BCUT2D eigenvalue weighted by atomic mass is 32.1. The van der Waals surface area contributed by atoms with Crippen molar-refractivity contribution in [1.29, 1.82) is 0 Å². The summed E-state index contributed by atoms with van der Waals surface area (Å²) in [4.78, 5) is 17.8. The molecule has 22 aromatic rings. The van der Waals surface area contributed by atoms with Crippen LogP contribution >= 0.6 is 34.0 Å². The number of hydrogen-bond donors (Lipinski definition) is 0. The second-order valence-corrected chi connectivity index (χ2v) is 43.8. The van der Waals surface area contributed by atoms with E-state index >= 15 is 0 Å². The van der Waals surface area contributed by atoms with Crippen LogP contribution < -0.4 is 57.1 Å². The van der Waals surface area contributed by atoms with E-state index in [4.69, 9.17) is 15.0 Å². The van der Waals surface area contributed by atoms with E-state index in [1.807, 2.05) is 27.7 Å². The molecule has 566 valence electrons. The molecule has 0 saturated carbocycles. The smallest absolute Gasteiger partial charge is 0.195 e. The van der Waals surface area contributed by atoms with Crippen molar-refractivity contribution >= 4 is 194 Å². The van der Waals surface area contributed by atoms with Crippen LogP contribution in [0.1, 0.15) is 33.3 Å². The van der Waals surface area contributed by atoms with Crippen LogP contribution in [-0.4, -0.2) is 52.4 Å². The van der Waals surface area contributed by atoms with Crippen LogP contribution in [0.25, 0.3) is 101 Å². The number of hydrogen-bond acceptors (Lipinski definition) is 6. The van der Waals surface area contributed by atoms with E-state index < -0.39 is 24.2 Å². The van der Waals surface area contributed by atoms with E-state index in [1.54, 1.807) is 34.0 Å². The molecule has 0 aliphatic carbocycles. The van der Waals surface area contributed by atoms with Crippen LogP contribution in [0.3, 0.4) is 0 Å². The highest BCUT2D eigenvalue weighted by Gasteiger charge is 2.43. The molecule has 0 radical (unpaired) electrons. The zero-order valence-electron chi connectivity index (χ0n) is 66.2. The summed E-state index contributed by atoms with van der Waals surface area (Å²) in [5, 5.41) is 15.3. The number of fused-ring (bicyclic) bond motifs is 15. The lowest BCUT2D eigenvalue weighted by atomic mass is 10.0. The molecule has 0 saturated heterocycles. The fraction of sp³-hybridized carbons (Fsp3) is 0.0571. The van der Waals surface area contributed by atoms with E-state index in [1.165, 1.54) is 121 Å². The van der Waals surface area contributed by atoms with Gasteiger partial charge >= 0.3 is 0 Å². The van der Waals surface area contributed by atoms with Crippen molar-refractivity contribution in [3.05, 3.63) is 418 Å². The first-order valence-electron chi connectivity index (χ1n) is 40.4. The van der Waals surface area contributed by atoms with Crippen molar-refractivity contribution < 1.29 is 0 Å². The van der Waals surface area contributed by atoms with Crippen molar-refractivity contribution in [2.24, 2.45) is 0 Å². The summed E-state index contributed by atoms with van der Waals surface area (Å²) >= 11 is 5.28. The number of nitrogens with zero attached hydrogens (tertiary/aromatic N) is 6. The van der Waals surface area contributed by atoms with Gasteiger partial charge in [0, 0.05) is 0 Å². The highest BCUT2D eigenvalue weighted by Crippen LogP contribution is 2.38. The quantitative estimate of drug-likeness (QED) is 0.0854. The molecule has 0 spiro atoms. The fourth-order valence-electron chi connectivity index (χ4n) is 17.5. The Balaban J connectivity index is 0.000000120. The Labute approximate surface area is 697 Å². The largest absolute Gasteiger partial charge is 0.283 e. The van der Waals surface area contributed by atoms with Gasteiger partial charge in [0.25, 0.3) is 0 Å². The molecule has 0 amide bonds. The van der Waals surface area contributed by atoms with Gasteiger partial charge in [-0.15, -0.1) is 0 Å². The van der Waals surface area contributed by atoms with Gasteiger partial charge in [-0.3, -0.25) is 13.2 Å². The predicted molar refractivity (Wildman–Crippen MR) is 513 cm³/mol. The maximum Gasteiger partial charge on any atom is 0.195 e. The molecule has 6 heterocycles. The zero-order valence-corrected chi connectivity index (χ0v) is 71.6. The van der Waals surface area contributed by atoms with Crippen LogP contribution in [0.4, 0.5) is 0 Å². The van der Waals surface area contributed by atoms with Crippen molar-refractivity contribution in [2.45, 2.75) is 41.2 Å². The average molecular weight is 1610 g/mol. The number of benzene rings is 16. The fourth-order valence-corrected chi connectivity index (χ4v) is 33.8. The molecule has 0 unspecified atom stereocenters. The molecular formula is C105H86N6S3Si3. The van der Waals surface area contributed by atoms with Crippen LogP contribution in [0, 0.1) is 6.92 Å². The lowest BCUT2D eigenvalue weighted by Crippen LogP contribution is -2.74. The number of rotatable bonds is 13. The lowest BCUT2D eigenvalue weighted by Gasteiger charge is -2.34. The maximum atomic E-state index is 4.92. The minimum absolute atomic E-state index is 1.04. The van der Waals surface area contributed by atoms with Crippen LogP contribution in [-0.2, 0) is 0 Å². The third-order valence-corrected chi connectivity index (χ3v) is 39.9. The summed E-state index contributed by atoms with van der Waals surface area (Å²) in [6.45, 7) is 12.7. The highest BCUT2D eigenvalue weighted by molar-refractivity contribution is 7.25. The second-order valence-electron chi connectivity index (χ2n) is 29.2. The summed E-state index contributed by atoms with van der Waals surface area (Å²) in [5.74, 6) is 0. The maximum absolute atomic E-state index is 4.92. The molecule has 22 rings (SSSR count). The van der Waals surface area contributed by atoms with Gasteiger partial charge in [-0.1, -0.05) is 408 Å². The van der Waals surface area contributed by atoms with Crippen molar-refractivity contribution in [3.63, 3.8) is 0 Å². The first kappa shape index (κ1) is 75.6.